The van der Waals surface area contributed by atoms with E-state index >= 15 is 0 Å². The maximum absolute atomic E-state index is 11.4. The van der Waals surface area contributed by atoms with Gasteiger partial charge in [-0.25, -0.2) is 0 Å². The van der Waals surface area contributed by atoms with Crippen LogP contribution in [0.3, 0.4) is 0 Å². The lowest BCUT2D eigenvalue weighted by Crippen LogP contribution is -2.48. The van der Waals surface area contributed by atoms with Crippen LogP contribution >= 0.6 is 0 Å². The van der Waals surface area contributed by atoms with Gasteiger partial charge in [0.25, 0.3) is 0 Å². The first kappa shape index (κ1) is 11.0. The molecule has 1 aromatic rings. The normalized spacial score (nSPS) is 20.5. The van der Waals surface area contributed by atoms with Crippen molar-refractivity contribution in [1.29, 1.82) is 0 Å². The zero-order valence-electron chi connectivity index (χ0n) is 9.27. The molecule has 86 valence electrons. The molecule has 4 nitrogen and oxygen atoms in total. The van der Waals surface area contributed by atoms with Gasteiger partial charge in [-0.05, 0) is 25.0 Å². The van der Waals surface area contributed by atoms with E-state index in [4.69, 9.17) is 10.5 Å². The van der Waals surface area contributed by atoms with Gasteiger partial charge in [-0.1, -0.05) is 18.2 Å². The van der Waals surface area contributed by atoms with Crippen molar-refractivity contribution in [2.24, 2.45) is 5.73 Å². The minimum atomic E-state index is -0.475. The molecular weight excluding hydrogens is 204 g/mol. The molecule has 1 unspecified atom stereocenters. The number of rotatable bonds is 2. The lowest BCUT2D eigenvalue weighted by atomic mass is 10.0. The van der Waals surface area contributed by atoms with E-state index in [1.54, 1.807) is 6.92 Å². The Bertz CT molecular complexity index is 390. The number of nitrogens with one attached hydrogen (secondary N) is 1. The number of ether oxygens (including phenoxy) is 1. The molecule has 1 heterocycles. The molecule has 0 saturated heterocycles. The predicted octanol–water partition coefficient (Wildman–Crippen LogP) is 0.454. The Morgan fingerprint density at radius 2 is 2.31 bits per heavy atom. The number of hydrogen-bond donors (Lipinski definition) is 2. The number of hydrogen-bond acceptors (Lipinski definition) is 3. The van der Waals surface area contributed by atoms with E-state index in [2.05, 4.69) is 5.32 Å². The van der Waals surface area contributed by atoms with Gasteiger partial charge in [0.15, 0.2) is 0 Å². The van der Waals surface area contributed by atoms with E-state index in [0.717, 1.165) is 17.7 Å². The molecule has 4 heteroatoms. The van der Waals surface area contributed by atoms with Crippen LogP contribution in [-0.2, 0) is 11.2 Å². The molecule has 2 rings (SSSR count). The summed E-state index contributed by atoms with van der Waals surface area (Å²) in [5.41, 5.74) is 6.62. The number of amides is 1. The second-order valence-corrected chi connectivity index (χ2v) is 4.12. The monoisotopic (exact) mass is 220 g/mol. The summed E-state index contributed by atoms with van der Waals surface area (Å²) in [6.45, 7) is 2.18. The summed E-state index contributed by atoms with van der Waals surface area (Å²) in [6, 6.07) is 7.42. The summed E-state index contributed by atoms with van der Waals surface area (Å²) in [7, 11) is 0. The summed E-state index contributed by atoms with van der Waals surface area (Å²) in [4.78, 5) is 11.4. The maximum Gasteiger partial charge on any atom is 0.236 e. The van der Waals surface area contributed by atoms with Crippen LogP contribution in [0, 0.1) is 0 Å². The van der Waals surface area contributed by atoms with Crippen LogP contribution in [-0.4, -0.2) is 24.6 Å². The fourth-order valence-electron chi connectivity index (χ4n) is 1.75. The quantitative estimate of drug-likeness (QED) is 0.760. The number of carbonyl (C=O) groups is 1. The molecule has 16 heavy (non-hydrogen) atoms. The number of carbonyl (C=O) groups excluding carboxylic acids is 1. The van der Waals surface area contributed by atoms with Crippen LogP contribution in [0.15, 0.2) is 24.3 Å². The van der Waals surface area contributed by atoms with Gasteiger partial charge in [-0.2, -0.15) is 0 Å². The van der Waals surface area contributed by atoms with Crippen LogP contribution in [0.5, 0.6) is 5.75 Å². The van der Waals surface area contributed by atoms with Crippen LogP contribution in [0.2, 0.25) is 0 Å². The largest absolute Gasteiger partial charge is 0.491 e. The highest BCUT2D eigenvalue weighted by Gasteiger charge is 2.21. The zero-order valence-corrected chi connectivity index (χ0v) is 9.27. The van der Waals surface area contributed by atoms with Crippen molar-refractivity contribution >= 4 is 5.91 Å². The van der Waals surface area contributed by atoms with Gasteiger partial charge in [0.1, 0.15) is 12.4 Å². The van der Waals surface area contributed by atoms with E-state index in [-0.39, 0.29) is 11.9 Å². The second kappa shape index (κ2) is 4.53. The average Bonchev–Trinajstić information content (AvgIpc) is 2.28. The van der Waals surface area contributed by atoms with Crippen LogP contribution < -0.4 is 15.8 Å². The molecule has 0 radical (unpaired) electrons. The fraction of sp³-hybridized carbons (Fsp3) is 0.417. The van der Waals surface area contributed by atoms with Crippen molar-refractivity contribution in [3.8, 4) is 5.75 Å². The molecule has 3 N–H and O–H groups in total. The number of fused-ring (bicyclic) bond motifs is 1. The molecule has 1 aliphatic heterocycles. The van der Waals surface area contributed by atoms with Gasteiger partial charge in [-0.15, -0.1) is 0 Å². The van der Waals surface area contributed by atoms with Crippen molar-refractivity contribution in [1.82, 2.24) is 5.32 Å². The molecule has 1 aliphatic rings. The summed E-state index contributed by atoms with van der Waals surface area (Å²) in [6.07, 6.45) is 0.800. The average molecular weight is 220 g/mol. The maximum atomic E-state index is 11.4. The Kier molecular flexibility index (Phi) is 3.10. The van der Waals surface area contributed by atoms with E-state index in [1.165, 1.54) is 0 Å². The number of nitrogens with two attached hydrogens (primary N) is 1. The zero-order chi connectivity index (χ0) is 11.5. The first-order valence-corrected chi connectivity index (χ1v) is 5.43. The van der Waals surface area contributed by atoms with E-state index in [0.29, 0.717) is 6.61 Å². The third-order valence-corrected chi connectivity index (χ3v) is 2.64. The third-order valence-electron chi connectivity index (χ3n) is 2.64. The molecule has 0 aliphatic carbocycles. The fourth-order valence-corrected chi connectivity index (χ4v) is 1.75. The first-order chi connectivity index (χ1) is 7.66. The Morgan fingerprint density at radius 3 is 3.06 bits per heavy atom. The molecule has 0 saturated carbocycles. The van der Waals surface area contributed by atoms with Gasteiger partial charge in [-0.3, -0.25) is 4.79 Å². The highest BCUT2D eigenvalue weighted by Crippen LogP contribution is 2.23. The van der Waals surface area contributed by atoms with Crippen LogP contribution in [0.25, 0.3) is 0 Å². The Morgan fingerprint density at radius 1 is 1.56 bits per heavy atom. The second-order valence-electron chi connectivity index (χ2n) is 4.12. The van der Waals surface area contributed by atoms with Crippen molar-refractivity contribution in [2.75, 3.05) is 6.61 Å². The van der Waals surface area contributed by atoms with Gasteiger partial charge >= 0.3 is 0 Å². The molecule has 1 aromatic carbocycles. The first-order valence-electron chi connectivity index (χ1n) is 5.43. The van der Waals surface area contributed by atoms with Crippen molar-refractivity contribution in [3.63, 3.8) is 0 Å². The summed E-state index contributed by atoms with van der Waals surface area (Å²) >= 11 is 0. The molecule has 0 fully saturated rings. The molecule has 0 spiro atoms. The number of para-hydroxylation sites is 1. The summed E-state index contributed by atoms with van der Waals surface area (Å²) in [5.74, 6) is 0.779. The smallest absolute Gasteiger partial charge is 0.236 e. The Labute approximate surface area is 94.8 Å². The van der Waals surface area contributed by atoms with E-state index in [1.807, 2.05) is 24.3 Å². The Balaban J connectivity index is 2.00. The summed E-state index contributed by atoms with van der Waals surface area (Å²) < 4.78 is 5.56. The minimum Gasteiger partial charge on any atom is -0.491 e. The SMILES string of the molecule is C[C@H](N)C(=O)NC1COc2ccccc2C1. The standard InChI is InChI=1S/C12H16N2O2/c1-8(13)12(15)14-10-6-9-4-2-3-5-11(9)16-7-10/h2-5,8,10H,6-7,13H2,1H3,(H,14,15)/t8-,10?/m0/s1. The van der Waals surface area contributed by atoms with Crippen LogP contribution in [0.1, 0.15) is 12.5 Å². The summed E-state index contributed by atoms with van der Waals surface area (Å²) in [5, 5.41) is 2.87. The minimum absolute atomic E-state index is 0.0217. The van der Waals surface area contributed by atoms with Crippen molar-refractivity contribution in [3.05, 3.63) is 29.8 Å². The highest BCUT2D eigenvalue weighted by atomic mass is 16.5. The Hall–Kier alpha value is -1.55. The van der Waals surface area contributed by atoms with E-state index in [9.17, 15) is 4.79 Å². The van der Waals surface area contributed by atoms with Crippen molar-refractivity contribution < 1.29 is 9.53 Å². The topological polar surface area (TPSA) is 64.4 Å². The van der Waals surface area contributed by atoms with Crippen molar-refractivity contribution in [2.45, 2.75) is 25.4 Å². The molecule has 0 bridgehead atoms. The lowest BCUT2D eigenvalue weighted by Gasteiger charge is -2.26. The van der Waals surface area contributed by atoms with Gasteiger partial charge < -0.3 is 15.8 Å². The van der Waals surface area contributed by atoms with Gasteiger partial charge in [0, 0.05) is 0 Å². The molecule has 2 atom stereocenters. The molecule has 1 amide bonds. The predicted molar refractivity (Wildman–Crippen MR) is 61.2 cm³/mol. The molecule has 0 aromatic heterocycles. The van der Waals surface area contributed by atoms with Gasteiger partial charge in [0.2, 0.25) is 5.91 Å². The van der Waals surface area contributed by atoms with Gasteiger partial charge in [0.05, 0.1) is 12.1 Å². The lowest BCUT2D eigenvalue weighted by molar-refractivity contribution is -0.123. The van der Waals surface area contributed by atoms with E-state index < -0.39 is 6.04 Å². The number of benzene rings is 1. The third kappa shape index (κ3) is 2.33. The van der Waals surface area contributed by atoms with Crippen LogP contribution in [0.4, 0.5) is 0 Å². The highest BCUT2D eigenvalue weighted by molar-refractivity contribution is 5.81. The molecular formula is C12H16N2O2.